The number of aryl methyl sites for hydroxylation is 1. The summed E-state index contributed by atoms with van der Waals surface area (Å²) in [5.74, 6) is 1.48. The summed E-state index contributed by atoms with van der Waals surface area (Å²) in [6.07, 6.45) is 4.09. The molecule has 1 aliphatic heterocycles. The van der Waals surface area contributed by atoms with Crippen LogP contribution in [-0.2, 0) is 5.66 Å². The molecular formula is C16H24N2. The van der Waals surface area contributed by atoms with Crippen LogP contribution in [0.15, 0.2) is 24.3 Å². The van der Waals surface area contributed by atoms with E-state index >= 15 is 0 Å². The molecule has 0 atom stereocenters. The standard InChI is InChI=1S/C16H24N2/c1-12-6-8-15(9-7-12)16(14-4-3-5-14)17-10-13(2)11-18-16/h6-9,13-14,17-18H,3-5,10-11H2,1-2H3. The Hall–Kier alpha value is -0.860. The normalized spacial score (nSPS) is 33.1. The molecule has 0 bridgehead atoms. The first-order chi connectivity index (χ1) is 8.71. The van der Waals surface area contributed by atoms with Crippen LogP contribution in [0.1, 0.15) is 37.3 Å². The summed E-state index contributed by atoms with van der Waals surface area (Å²) in [6.45, 7) is 6.71. The van der Waals surface area contributed by atoms with Crippen molar-refractivity contribution in [3.63, 3.8) is 0 Å². The molecule has 2 heteroatoms. The summed E-state index contributed by atoms with van der Waals surface area (Å²) in [5, 5.41) is 7.62. The van der Waals surface area contributed by atoms with Crippen molar-refractivity contribution in [1.29, 1.82) is 0 Å². The number of nitrogens with one attached hydrogen (secondary N) is 2. The van der Waals surface area contributed by atoms with Crippen LogP contribution in [0.2, 0.25) is 0 Å². The minimum atomic E-state index is 0.0401. The highest BCUT2D eigenvalue weighted by Gasteiger charge is 2.44. The Labute approximate surface area is 110 Å². The van der Waals surface area contributed by atoms with Crippen LogP contribution in [0.4, 0.5) is 0 Å². The molecule has 98 valence electrons. The summed E-state index contributed by atoms with van der Waals surface area (Å²) >= 11 is 0. The van der Waals surface area contributed by atoms with E-state index in [0.717, 1.165) is 24.9 Å². The van der Waals surface area contributed by atoms with Crippen molar-refractivity contribution in [2.45, 2.75) is 38.8 Å². The van der Waals surface area contributed by atoms with E-state index in [1.165, 1.54) is 30.4 Å². The molecule has 2 N–H and O–H groups in total. The second-order valence-corrected chi connectivity index (χ2v) is 6.17. The van der Waals surface area contributed by atoms with Gasteiger partial charge in [-0.25, -0.2) is 0 Å². The van der Waals surface area contributed by atoms with Gasteiger partial charge in [-0.1, -0.05) is 43.2 Å². The summed E-state index contributed by atoms with van der Waals surface area (Å²) < 4.78 is 0. The number of rotatable bonds is 2. The van der Waals surface area contributed by atoms with Crippen LogP contribution < -0.4 is 10.6 Å². The van der Waals surface area contributed by atoms with E-state index < -0.39 is 0 Å². The van der Waals surface area contributed by atoms with Crippen LogP contribution in [0, 0.1) is 18.8 Å². The third-order valence-corrected chi connectivity index (χ3v) is 4.68. The average molecular weight is 244 g/mol. The first-order valence-electron chi connectivity index (χ1n) is 7.28. The van der Waals surface area contributed by atoms with E-state index in [2.05, 4.69) is 48.7 Å². The van der Waals surface area contributed by atoms with Crippen molar-refractivity contribution in [2.24, 2.45) is 11.8 Å². The molecule has 0 aromatic heterocycles. The van der Waals surface area contributed by atoms with Gasteiger partial charge in [-0.15, -0.1) is 0 Å². The SMILES string of the molecule is Cc1ccc(C2(C3CCC3)NCC(C)CN2)cc1. The molecule has 2 nitrogen and oxygen atoms in total. The van der Waals surface area contributed by atoms with E-state index in [1.54, 1.807) is 0 Å². The number of benzene rings is 1. The Morgan fingerprint density at radius 2 is 1.67 bits per heavy atom. The van der Waals surface area contributed by atoms with Crippen LogP contribution in [0.25, 0.3) is 0 Å². The molecule has 0 spiro atoms. The van der Waals surface area contributed by atoms with Crippen LogP contribution in [0.5, 0.6) is 0 Å². The maximum atomic E-state index is 3.81. The van der Waals surface area contributed by atoms with Crippen molar-refractivity contribution in [1.82, 2.24) is 10.6 Å². The van der Waals surface area contributed by atoms with E-state index in [4.69, 9.17) is 0 Å². The monoisotopic (exact) mass is 244 g/mol. The topological polar surface area (TPSA) is 24.1 Å². The first-order valence-corrected chi connectivity index (χ1v) is 7.28. The van der Waals surface area contributed by atoms with Gasteiger partial charge in [0.05, 0.1) is 5.66 Å². The van der Waals surface area contributed by atoms with Gasteiger partial charge in [0.15, 0.2) is 0 Å². The highest BCUT2D eigenvalue weighted by atomic mass is 15.2. The summed E-state index contributed by atoms with van der Waals surface area (Å²) in [4.78, 5) is 0. The molecule has 1 aliphatic carbocycles. The molecule has 2 aliphatic rings. The Morgan fingerprint density at radius 3 is 2.17 bits per heavy atom. The zero-order valence-corrected chi connectivity index (χ0v) is 11.5. The molecule has 2 fully saturated rings. The number of hydrogen-bond acceptors (Lipinski definition) is 2. The molecular weight excluding hydrogens is 220 g/mol. The minimum Gasteiger partial charge on any atom is -0.295 e. The second-order valence-electron chi connectivity index (χ2n) is 6.17. The van der Waals surface area contributed by atoms with Crippen LogP contribution in [0.3, 0.4) is 0 Å². The van der Waals surface area contributed by atoms with Gasteiger partial charge >= 0.3 is 0 Å². The Bertz CT molecular complexity index is 398. The molecule has 0 amide bonds. The fourth-order valence-corrected chi connectivity index (χ4v) is 3.19. The van der Waals surface area contributed by atoms with Crippen LogP contribution in [-0.4, -0.2) is 13.1 Å². The van der Waals surface area contributed by atoms with Gasteiger partial charge in [-0.05, 0) is 37.2 Å². The zero-order valence-electron chi connectivity index (χ0n) is 11.5. The van der Waals surface area contributed by atoms with Crippen molar-refractivity contribution >= 4 is 0 Å². The van der Waals surface area contributed by atoms with Gasteiger partial charge in [-0.2, -0.15) is 0 Å². The Kier molecular flexibility index (Phi) is 3.16. The fourth-order valence-electron chi connectivity index (χ4n) is 3.19. The third kappa shape index (κ3) is 1.98. The Morgan fingerprint density at radius 1 is 1.06 bits per heavy atom. The lowest BCUT2D eigenvalue weighted by Crippen LogP contribution is -2.65. The zero-order chi connectivity index (χ0) is 12.6. The molecule has 1 aromatic rings. The third-order valence-electron chi connectivity index (χ3n) is 4.68. The molecule has 18 heavy (non-hydrogen) atoms. The second kappa shape index (κ2) is 4.67. The molecule has 0 radical (unpaired) electrons. The quantitative estimate of drug-likeness (QED) is 0.836. The van der Waals surface area contributed by atoms with E-state index in [-0.39, 0.29) is 5.66 Å². The highest BCUT2D eigenvalue weighted by molar-refractivity contribution is 5.29. The summed E-state index contributed by atoms with van der Waals surface area (Å²) in [6, 6.07) is 9.06. The van der Waals surface area contributed by atoms with Gasteiger partial charge in [0.2, 0.25) is 0 Å². The number of hydrogen-bond donors (Lipinski definition) is 2. The maximum Gasteiger partial charge on any atom is 0.0979 e. The van der Waals surface area contributed by atoms with Gasteiger partial charge in [0, 0.05) is 13.1 Å². The first kappa shape index (κ1) is 12.2. The molecule has 1 saturated carbocycles. The molecule has 1 heterocycles. The van der Waals surface area contributed by atoms with Crippen molar-refractivity contribution in [3.8, 4) is 0 Å². The highest BCUT2D eigenvalue weighted by Crippen LogP contribution is 2.41. The summed E-state index contributed by atoms with van der Waals surface area (Å²) in [5.41, 5.74) is 2.80. The van der Waals surface area contributed by atoms with Gasteiger partial charge < -0.3 is 0 Å². The van der Waals surface area contributed by atoms with E-state index in [1.807, 2.05) is 0 Å². The van der Waals surface area contributed by atoms with Crippen molar-refractivity contribution < 1.29 is 0 Å². The molecule has 1 saturated heterocycles. The smallest absolute Gasteiger partial charge is 0.0979 e. The fraction of sp³-hybridized carbons (Fsp3) is 0.625. The molecule has 0 unspecified atom stereocenters. The van der Waals surface area contributed by atoms with Gasteiger partial charge in [-0.3, -0.25) is 10.6 Å². The van der Waals surface area contributed by atoms with Crippen molar-refractivity contribution in [2.75, 3.05) is 13.1 Å². The lowest BCUT2D eigenvalue weighted by atomic mass is 9.71. The lowest BCUT2D eigenvalue weighted by molar-refractivity contribution is 0.0587. The maximum absolute atomic E-state index is 3.81. The molecule has 3 rings (SSSR count). The lowest BCUT2D eigenvalue weighted by Gasteiger charge is -2.50. The Balaban J connectivity index is 1.91. The molecule has 1 aromatic carbocycles. The predicted octanol–water partition coefficient (Wildman–Crippen LogP) is 2.78. The van der Waals surface area contributed by atoms with Crippen molar-refractivity contribution in [3.05, 3.63) is 35.4 Å². The predicted molar refractivity (Wildman–Crippen MR) is 75.4 cm³/mol. The van der Waals surface area contributed by atoms with Gasteiger partial charge in [0.25, 0.3) is 0 Å². The largest absolute Gasteiger partial charge is 0.295 e. The summed E-state index contributed by atoms with van der Waals surface area (Å²) in [7, 11) is 0. The minimum absolute atomic E-state index is 0.0401. The van der Waals surface area contributed by atoms with E-state index in [0.29, 0.717) is 0 Å². The van der Waals surface area contributed by atoms with Gasteiger partial charge in [0.1, 0.15) is 0 Å². The van der Waals surface area contributed by atoms with Crippen LogP contribution >= 0.6 is 0 Å². The average Bonchev–Trinajstić information content (AvgIpc) is 2.31. The van der Waals surface area contributed by atoms with E-state index in [9.17, 15) is 0 Å².